The third kappa shape index (κ3) is 2.97. The third-order valence-electron chi connectivity index (χ3n) is 6.03. The highest BCUT2D eigenvalue weighted by molar-refractivity contribution is 5.15. The van der Waals surface area contributed by atoms with Crippen molar-refractivity contribution >= 4 is 0 Å². The van der Waals surface area contributed by atoms with Crippen molar-refractivity contribution < 1.29 is 14.2 Å². The van der Waals surface area contributed by atoms with Crippen molar-refractivity contribution in [1.29, 1.82) is 0 Å². The Bertz CT molecular complexity index is 548. The molecule has 0 radical (unpaired) electrons. The van der Waals surface area contributed by atoms with Crippen LogP contribution in [0.1, 0.15) is 18.4 Å². The minimum atomic E-state index is -0.0430. The lowest BCUT2D eigenvalue weighted by atomic mass is 9.93. The number of benzene rings is 1. The first-order valence-electron chi connectivity index (χ1n) is 8.87. The molecule has 2 N–H and O–H groups in total. The van der Waals surface area contributed by atoms with Crippen LogP contribution < -0.4 is 9.80 Å². The average molecular weight is 302 g/mol. The molecule has 22 heavy (non-hydrogen) atoms. The molecule has 0 aromatic heterocycles. The first-order valence-corrected chi connectivity index (χ1v) is 8.87. The molecular formula is C19H27FN2+2. The molecule has 1 aliphatic heterocycles. The van der Waals surface area contributed by atoms with Gasteiger partial charge >= 0.3 is 0 Å². The van der Waals surface area contributed by atoms with Gasteiger partial charge in [0.1, 0.15) is 38.5 Å². The summed E-state index contributed by atoms with van der Waals surface area (Å²) in [6.45, 7) is 7.07. The Hall–Kier alpha value is -1.19. The van der Waals surface area contributed by atoms with Gasteiger partial charge in [0.2, 0.25) is 0 Å². The zero-order chi connectivity index (χ0) is 14.9. The van der Waals surface area contributed by atoms with E-state index in [0.29, 0.717) is 0 Å². The van der Waals surface area contributed by atoms with Crippen LogP contribution in [0.3, 0.4) is 0 Å². The maximum absolute atomic E-state index is 13.8. The Labute approximate surface area is 132 Å². The smallest absolute Gasteiger partial charge is 0.132 e. The number of halogens is 1. The van der Waals surface area contributed by atoms with E-state index in [-0.39, 0.29) is 5.82 Å². The van der Waals surface area contributed by atoms with Gasteiger partial charge in [-0.15, -0.1) is 0 Å². The van der Waals surface area contributed by atoms with Gasteiger partial charge in [-0.05, 0) is 30.7 Å². The minimum Gasteiger partial charge on any atom is -0.325 e. The summed E-state index contributed by atoms with van der Waals surface area (Å²) >= 11 is 0. The fourth-order valence-corrected chi connectivity index (χ4v) is 4.75. The van der Waals surface area contributed by atoms with Crippen molar-refractivity contribution in [2.75, 3.05) is 32.7 Å². The minimum absolute atomic E-state index is 0.0430. The number of rotatable bonds is 4. The fraction of sp³-hybridized carbons (Fsp3) is 0.579. The van der Waals surface area contributed by atoms with Crippen LogP contribution in [0.2, 0.25) is 0 Å². The SMILES string of the molecule is Fc1ccccc1C[NH+]1CC[NH+](CC2CC3C=CC2C3)CC1. The second-order valence-corrected chi connectivity index (χ2v) is 7.51. The van der Waals surface area contributed by atoms with Crippen LogP contribution in [0.15, 0.2) is 36.4 Å². The summed E-state index contributed by atoms with van der Waals surface area (Å²) in [5, 5.41) is 0. The number of hydrogen-bond acceptors (Lipinski definition) is 0. The fourth-order valence-electron chi connectivity index (χ4n) is 4.75. The molecule has 2 aliphatic carbocycles. The van der Waals surface area contributed by atoms with Gasteiger partial charge < -0.3 is 9.80 Å². The summed E-state index contributed by atoms with van der Waals surface area (Å²) in [5.74, 6) is 2.65. The number of allylic oxidation sites excluding steroid dienone is 2. The Balaban J connectivity index is 1.26. The molecule has 1 heterocycles. The third-order valence-corrected chi connectivity index (χ3v) is 6.03. The zero-order valence-electron chi connectivity index (χ0n) is 13.2. The summed E-state index contributed by atoms with van der Waals surface area (Å²) < 4.78 is 13.8. The Kier molecular flexibility index (Phi) is 4.01. The first kappa shape index (κ1) is 14.4. The van der Waals surface area contributed by atoms with Crippen LogP contribution in [-0.4, -0.2) is 32.7 Å². The molecule has 1 saturated heterocycles. The van der Waals surface area contributed by atoms with Gasteiger partial charge in [0.05, 0.1) is 6.54 Å². The molecular weight excluding hydrogens is 275 g/mol. The molecule has 118 valence electrons. The lowest BCUT2D eigenvalue weighted by Crippen LogP contribution is -3.27. The largest absolute Gasteiger partial charge is 0.325 e. The normalized spacial score (nSPS) is 36.9. The Morgan fingerprint density at radius 1 is 0.955 bits per heavy atom. The number of nitrogens with one attached hydrogen (secondary N) is 2. The predicted octanol–water partition coefficient (Wildman–Crippen LogP) is 0.321. The number of hydrogen-bond donors (Lipinski definition) is 2. The van der Waals surface area contributed by atoms with Crippen LogP contribution in [-0.2, 0) is 6.54 Å². The van der Waals surface area contributed by atoms with Crippen LogP contribution in [0.25, 0.3) is 0 Å². The van der Waals surface area contributed by atoms with E-state index >= 15 is 0 Å². The Morgan fingerprint density at radius 3 is 2.41 bits per heavy atom. The average Bonchev–Trinajstić information content (AvgIpc) is 3.14. The van der Waals surface area contributed by atoms with E-state index in [9.17, 15) is 4.39 Å². The molecule has 3 atom stereocenters. The van der Waals surface area contributed by atoms with Gasteiger partial charge in [-0.25, -0.2) is 4.39 Å². The first-order chi connectivity index (χ1) is 10.8. The van der Waals surface area contributed by atoms with Crippen LogP contribution in [0, 0.1) is 23.6 Å². The highest BCUT2D eigenvalue weighted by atomic mass is 19.1. The maximum atomic E-state index is 13.8. The van der Waals surface area contributed by atoms with Crippen LogP contribution in [0.5, 0.6) is 0 Å². The molecule has 3 unspecified atom stereocenters. The lowest BCUT2D eigenvalue weighted by Gasteiger charge is -2.32. The van der Waals surface area contributed by atoms with Gasteiger partial charge in [-0.2, -0.15) is 0 Å². The van der Waals surface area contributed by atoms with E-state index in [1.807, 2.05) is 12.1 Å². The number of fused-ring (bicyclic) bond motifs is 2. The van der Waals surface area contributed by atoms with E-state index in [2.05, 4.69) is 12.2 Å². The predicted molar refractivity (Wildman–Crippen MR) is 85.2 cm³/mol. The monoisotopic (exact) mass is 302 g/mol. The maximum Gasteiger partial charge on any atom is 0.132 e. The van der Waals surface area contributed by atoms with Gasteiger partial charge in [0.15, 0.2) is 0 Å². The molecule has 2 nitrogen and oxygen atoms in total. The number of piperazine rings is 1. The second kappa shape index (κ2) is 6.13. The zero-order valence-corrected chi connectivity index (χ0v) is 13.2. The van der Waals surface area contributed by atoms with Crippen LogP contribution >= 0.6 is 0 Å². The summed E-state index contributed by atoms with van der Waals surface area (Å²) in [7, 11) is 0. The molecule has 1 aromatic carbocycles. The van der Waals surface area contributed by atoms with Crippen molar-refractivity contribution in [2.45, 2.75) is 19.4 Å². The summed E-state index contributed by atoms with van der Waals surface area (Å²) in [6.07, 6.45) is 7.75. The Morgan fingerprint density at radius 2 is 1.73 bits per heavy atom. The van der Waals surface area contributed by atoms with Crippen molar-refractivity contribution in [2.24, 2.45) is 17.8 Å². The van der Waals surface area contributed by atoms with Crippen molar-refractivity contribution in [3.05, 3.63) is 47.8 Å². The van der Waals surface area contributed by atoms with Crippen LogP contribution in [0.4, 0.5) is 4.39 Å². The molecule has 4 rings (SSSR count). The molecule has 2 fully saturated rings. The standard InChI is InChI=1S/C19H25FN2/c20-19-4-2-1-3-17(19)13-21-7-9-22(10-8-21)14-18-12-15-5-6-16(18)11-15/h1-6,15-16,18H,7-14H2/p+2. The molecule has 3 aliphatic rings. The van der Waals surface area contributed by atoms with Crippen molar-refractivity contribution in [1.82, 2.24) is 0 Å². The van der Waals surface area contributed by atoms with Gasteiger partial charge in [-0.1, -0.05) is 30.4 Å². The van der Waals surface area contributed by atoms with Gasteiger partial charge in [0.25, 0.3) is 0 Å². The highest BCUT2D eigenvalue weighted by Gasteiger charge is 2.38. The molecule has 1 aromatic rings. The summed E-state index contributed by atoms with van der Waals surface area (Å²) in [5.41, 5.74) is 0.874. The molecule has 2 bridgehead atoms. The number of quaternary nitrogens is 2. The van der Waals surface area contributed by atoms with Gasteiger partial charge in [0, 0.05) is 11.5 Å². The lowest BCUT2D eigenvalue weighted by molar-refractivity contribution is -1.02. The highest BCUT2D eigenvalue weighted by Crippen LogP contribution is 2.42. The van der Waals surface area contributed by atoms with E-state index in [0.717, 1.165) is 29.9 Å². The quantitative estimate of drug-likeness (QED) is 0.742. The van der Waals surface area contributed by atoms with E-state index in [1.54, 1.807) is 21.9 Å². The second-order valence-electron chi connectivity index (χ2n) is 7.51. The summed E-state index contributed by atoms with van der Waals surface area (Å²) in [6, 6.07) is 7.24. The van der Waals surface area contributed by atoms with Crippen molar-refractivity contribution in [3.63, 3.8) is 0 Å². The molecule has 1 saturated carbocycles. The van der Waals surface area contributed by atoms with E-state index in [1.165, 1.54) is 45.6 Å². The topological polar surface area (TPSA) is 8.88 Å². The summed E-state index contributed by atoms with van der Waals surface area (Å²) in [4.78, 5) is 3.32. The van der Waals surface area contributed by atoms with Crippen molar-refractivity contribution in [3.8, 4) is 0 Å². The van der Waals surface area contributed by atoms with Gasteiger partial charge in [-0.3, -0.25) is 0 Å². The van der Waals surface area contributed by atoms with E-state index in [4.69, 9.17) is 0 Å². The molecule has 3 heteroatoms. The van der Waals surface area contributed by atoms with E-state index < -0.39 is 0 Å². The molecule has 0 amide bonds. The molecule has 0 spiro atoms.